The fourth-order valence-electron chi connectivity index (χ4n) is 3.31. The van der Waals surface area contributed by atoms with Crippen molar-refractivity contribution in [1.29, 1.82) is 0 Å². The number of nitrogens with zero attached hydrogens (tertiary/aromatic N) is 1. The molecule has 4 nitrogen and oxygen atoms in total. The third kappa shape index (κ3) is 4.49. The van der Waals surface area contributed by atoms with E-state index in [2.05, 4.69) is 9.71 Å². The molecule has 1 aromatic heterocycles. The molecule has 25 heavy (non-hydrogen) atoms. The number of rotatable bonds is 4. The lowest BCUT2D eigenvalue weighted by Gasteiger charge is -2.21. The highest BCUT2D eigenvalue weighted by atomic mass is 32.2. The Morgan fingerprint density at radius 3 is 2.48 bits per heavy atom. The zero-order valence-corrected chi connectivity index (χ0v) is 16.7. The quantitative estimate of drug-likeness (QED) is 0.820. The van der Waals surface area contributed by atoms with Gasteiger partial charge in [-0.05, 0) is 39.7 Å². The van der Waals surface area contributed by atoms with Crippen LogP contribution in [0.4, 0.5) is 0 Å². The van der Waals surface area contributed by atoms with E-state index in [1.807, 2.05) is 39.1 Å². The van der Waals surface area contributed by atoms with Gasteiger partial charge in [-0.15, -0.1) is 11.3 Å². The van der Waals surface area contributed by atoms with Crippen molar-refractivity contribution in [3.8, 4) is 10.4 Å². The standard InChI is InChI=1S/C19H26N2O2S2/c1-19(2,3)21-25(22,23)17-12-8-7-11-15(17)16-13-20-18(24-16)14-9-5-4-6-10-14/h7-8,11-14,21H,4-6,9-10H2,1-3H3. The van der Waals surface area contributed by atoms with E-state index in [9.17, 15) is 8.42 Å². The monoisotopic (exact) mass is 378 g/mol. The average molecular weight is 379 g/mol. The Morgan fingerprint density at radius 1 is 1.12 bits per heavy atom. The van der Waals surface area contributed by atoms with Gasteiger partial charge in [0.25, 0.3) is 0 Å². The number of sulfonamides is 1. The number of aromatic nitrogens is 1. The minimum Gasteiger partial charge on any atom is -0.249 e. The van der Waals surface area contributed by atoms with Crippen molar-refractivity contribution < 1.29 is 8.42 Å². The first-order valence-corrected chi connectivity index (χ1v) is 11.2. The lowest BCUT2D eigenvalue weighted by molar-refractivity contribution is 0.442. The van der Waals surface area contributed by atoms with E-state index in [1.165, 1.54) is 32.1 Å². The molecule has 0 radical (unpaired) electrons. The van der Waals surface area contributed by atoms with Crippen molar-refractivity contribution in [2.24, 2.45) is 0 Å². The van der Waals surface area contributed by atoms with Crippen molar-refractivity contribution in [2.45, 2.75) is 69.2 Å². The van der Waals surface area contributed by atoms with Gasteiger partial charge in [0.15, 0.2) is 0 Å². The Balaban J connectivity index is 1.95. The van der Waals surface area contributed by atoms with Crippen LogP contribution in [0.3, 0.4) is 0 Å². The molecule has 1 fully saturated rings. The van der Waals surface area contributed by atoms with E-state index < -0.39 is 15.6 Å². The van der Waals surface area contributed by atoms with Crippen LogP contribution in [-0.4, -0.2) is 18.9 Å². The summed E-state index contributed by atoms with van der Waals surface area (Å²) in [6, 6.07) is 7.19. The molecular weight excluding hydrogens is 352 g/mol. The molecule has 1 saturated carbocycles. The highest BCUT2D eigenvalue weighted by Crippen LogP contribution is 2.39. The Hall–Kier alpha value is -1.24. The Labute approximate surface area is 154 Å². The normalized spacial score (nSPS) is 16.9. The van der Waals surface area contributed by atoms with Gasteiger partial charge in [0, 0.05) is 23.2 Å². The second kappa shape index (κ2) is 7.17. The predicted octanol–water partition coefficient (Wildman–Crippen LogP) is 4.93. The number of hydrogen-bond acceptors (Lipinski definition) is 4. The Bertz CT molecular complexity index is 829. The molecule has 0 aliphatic heterocycles. The smallest absolute Gasteiger partial charge is 0.241 e. The van der Waals surface area contributed by atoms with E-state index in [0.717, 1.165) is 15.4 Å². The van der Waals surface area contributed by atoms with Crippen molar-refractivity contribution >= 4 is 21.4 Å². The first-order chi connectivity index (χ1) is 11.8. The van der Waals surface area contributed by atoms with Gasteiger partial charge in [-0.1, -0.05) is 37.5 Å². The largest absolute Gasteiger partial charge is 0.249 e. The zero-order chi connectivity index (χ0) is 18.1. The molecule has 0 spiro atoms. The molecule has 1 N–H and O–H groups in total. The van der Waals surface area contributed by atoms with E-state index >= 15 is 0 Å². The van der Waals surface area contributed by atoms with Gasteiger partial charge in [0.2, 0.25) is 10.0 Å². The van der Waals surface area contributed by atoms with Crippen LogP contribution in [0.1, 0.15) is 63.8 Å². The first-order valence-electron chi connectivity index (χ1n) is 8.85. The maximum atomic E-state index is 12.8. The zero-order valence-electron chi connectivity index (χ0n) is 15.1. The third-order valence-electron chi connectivity index (χ3n) is 4.36. The molecule has 0 amide bonds. The second-order valence-corrected chi connectivity index (χ2v) is 10.5. The van der Waals surface area contributed by atoms with Gasteiger partial charge in [0.1, 0.15) is 0 Å². The molecule has 1 aromatic carbocycles. The maximum Gasteiger partial charge on any atom is 0.241 e. The van der Waals surface area contributed by atoms with Crippen LogP contribution in [0.5, 0.6) is 0 Å². The van der Waals surface area contributed by atoms with Crippen LogP contribution in [0.15, 0.2) is 35.4 Å². The molecule has 136 valence electrons. The van der Waals surface area contributed by atoms with Crippen LogP contribution in [0, 0.1) is 0 Å². The van der Waals surface area contributed by atoms with Crippen LogP contribution >= 0.6 is 11.3 Å². The van der Waals surface area contributed by atoms with Crippen molar-refractivity contribution in [1.82, 2.24) is 9.71 Å². The lowest BCUT2D eigenvalue weighted by atomic mass is 9.90. The highest BCUT2D eigenvalue weighted by molar-refractivity contribution is 7.89. The summed E-state index contributed by atoms with van der Waals surface area (Å²) in [4.78, 5) is 5.87. The van der Waals surface area contributed by atoms with E-state index in [1.54, 1.807) is 23.5 Å². The fraction of sp³-hybridized carbons (Fsp3) is 0.526. The minimum absolute atomic E-state index is 0.323. The van der Waals surface area contributed by atoms with Crippen molar-refractivity contribution in [3.63, 3.8) is 0 Å². The molecule has 1 aliphatic carbocycles. The van der Waals surface area contributed by atoms with Gasteiger partial charge in [-0.25, -0.2) is 18.1 Å². The van der Waals surface area contributed by atoms with Gasteiger partial charge in [-0.3, -0.25) is 0 Å². The van der Waals surface area contributed by atoms with Crippen LogP contribution in [0.2, 0.25) is 0 Å². The lowest BCUT2D eigenvalue weighted by Crippen LogP contribution is -2.40. The number of thiazole rings is 1. The summed E-state index contributed by atoms with van der Waals surface area (Å²) in [6.07, 6.45) is 8.06. The number of hydrogen-bond donors (Lipinski definition) is 1. The van der Waals surface area contributed by atoms with Gasteiger partial charge in [0.05, 0.1) is 14.8 Å². The molecule has 6 heteroatoms. The molecule has 0 saturated heterocycles. The Kier molecular flexibility index (Phi) is 5.32. The van der Waals surface area contributed by atoms with Crippen LogP contribution < -0.4 is 4.72 Å². The molecule has 0 bridgehead atoms. The van der Waals surface area contributed by atoms with Crippen molar-refractivity contribution in [2.75, 3.05) is 0 Å². The molecule has 0 atom stereocenters. The summed E-state index contributed by atoms with van der Waals surface area (Å²) < 4.78 is 28.4. The second-order valence-electron chi connectivity index (χ2n) is 7.75. The van der Waals surface area contributed by atoms with Gasteiger partial charge in [-0.2, -0.15) is 0 Å². The van der Waals surface area contributed by atoms with Gasteiger partial charge < -0.3 is 0 Å². The summed E-state index contributed by atoms with van der Waals surface area (Å²) in [5.41, 5.74) is 0.214. The van der Waals surface area contributed by atoms with E-state index in [4.69, 9.17) is 0 Å². The molecule has 3 rings (SSSR count). The first kappa shape index (κ1) is 18.5. The minimum atomic E-state index is -3.58. The molecule has 1 heterocycles. The van der Waals surface area contributed by atoms with E-state index in [0.29, 0.717) is 10.8 Å². The highest BCUT2D eigenvalue weighted by Gasteiger charge is 2.26. The molecular formula is C19H26N2O2S2. The topological polar surface area (TPSA) is 59.1 Å². The maximum absolute atomic E-state index is 12.8. The SMILES string of the molecule is CC(C)(C)NS(=O)(=O)c1ccccc1-c1cnc(C2CCCCC2)s1. The molecule has 2 aromatic rings. The summed E-state index contributed by atoms with van der Waals surface area (Å²) >= 11 is 1.64. The van der Waals surface area contributed by atoms with Crippen LogP contribution in [0.25, 0.3) is 10.4 Å². The number of benzene rings is 1. The Morgan fingerprint density at radius 2 is 1.80 bits per heavy atom. The average Bonchev–Trinajstić information content (AvgIpc) is 3.03. The summed E-state index contributed by atoms with van der Waals surface area (Å²) in [6.45, 7) is 5.54. The van der Waals surface area contributed by atoms with E-state index in [-0.39, 0.29) is 0 Å². The van der Waals surface area contributed by atoms with Crippen LogP contribution in [-0.2, 0) is 10.0 Å². The van der Waals surface area contributed by atoms with Crippen molar-refractivity contribution in [3.05, 3.63) is 35.5 Å². The molecule has 0 unspecified atom stereocenters. The molecule has 1 aliphatic rings. The third-order valence-corrected chi connectivity index (χ3v) is 7.37. The predicted molar refractivity (Wildman–Crippen MR) is 103 cm³/mol. The van der Waals surface area contributed by atoms with Gasteiger partial charge >= 0.3 is 0 Å². The summed E-state index contributed by atoms with van der Waals surface area (Å²) in [5, 5.41) is 1.14. The fourth-order valence-corrected chi connectivity index (χ4v) is 6.15. The number of nitrogens with one attached hydrogen (secondary N) is 1. The summed E-state index contributed by atoms with van der Waals surface area (Å²) in [7, 11) is -3.58. The summed E-state index contributed by atoms with van der Waals surface area (Å²) in [5.74, 6) is 0.531.